The van der Waals surface area contributed by atoms with Crippen molar-refractivity contribution in [2.75, 3.05) is 0 Å². The molecular formula is C15H17N3OS. The number of nitrogens with zero attached hydrogens (tertiary/aromatic N) is 2. The maximum absolute atomic E-state index is 12.2. The fraction of sp³-hybridized carbons (Fsp3) is 0.400. The van der Waals surface area contributed by atoms with Crippen molar-refractivity contribution in [2.24, 2.45) is 5.92 Å². The van der Waals surface area contributed by atoms with E-state index in [0.29, 0.717) is 11.6 Å². The lowest BCUT2D eigenvalue weighted by Gasteiger charge is -2.24. The van der Waals surface area contributed by atoms with Crippen LogP contribution in [0.4, 0.5) is 0 Å². The Balaban J connectivity index is 1.88. The van der Waals surface area contributed by atoms with E-state index in [2.05, 4.69) is 39.2 Å². The van der Waals surface area contributed by atoms with E-state index in [1.165, 1.54) is 23.7 Å². The molecule has 1 aromatic heterocycles. The number of aromatic nitrogens is 2. The lowest BCUT2D eigenvalue weighted by atomic mass is 9.92. The van der Waals surface area contributed by atoms with Crippen molar-refractivity contribution in [1.82, 2.24) is 14.1 Å². The number of benzene rings is 1. The van der Waals surface area contributed by atoms with Crippen LogP contribution in [0.3, 0.4) is 0 Å². The normalized spacial score (nSPS) is 21.9. The average molecular weight is 287 g/mol. The van der Waals surface area contributed by atoms with Gasteiger partial charge in [0.2, 0.25) is 0 Å². The molecule has 2 aromatic rings. The lowest BCUT2D eigenvalue weighted by Crippen LogP contribution is -2.32. The van der Waals surface area contributed by atoms with E-state index in [4.69, 9.17) is 0 Å². The molecule has 0 fully saturated rings. The fourth-order valence-corrected chi connectivity index (χ4v) is 3.26. The van der Waals surface area contributed by atoms with Crippen molar-refractivity contribution >= 4 is 17.6 Å². The van der Waals surface area contributed by atoms with Crippen molar-refractivity contribution in [1.29, 1.82) is 0 Å². The summed E-state index contributed by atoms with van der Waals surface area (Å²) in [5.41, 5.74) is 3.00. The van der Waals surface area contributed by atoms with Gasteiger partial charge in [-0.05, 0) is 36.3 Å². The standard InChI is InChI=1S/C15H17N3OS/c1-10-5-4-7-11-6-2-3-8-12(11)14(10)17-15(19)13-9-16-20-18-13/h2-3,6,8-10,14H,4-5,7H2,1H3,(H,17,19)/t10-,14+/m1/s1. The molecule has 0 aliphatic heterocycles. The van der Waals surface area contributed by atoms with Gasteiger partial charge in [0.15, 0.2) is 5.69 Å². The van der Waals surface area contributed by atoms with Crippen LogP contribution in [0.5, 0.6) is 0 Å². The molecule has 104 valence electrons. The Morgan fingerprint density at radius 2 is 2.25 bits per heavy atom. The van der Waals surface area contributed by atoms with Crippen LogP contribution in [0.2, 0.25) is 0 Å². The molecule has 0 unspecified atom stereocenters. The first-order valence-corrected chi connectivity index (χ1v) is 7.65. The van der Waals surface area contributed by atoms with Crippen molar-refractivity contribution in [3.8, 4) is 0 Å². The Morgan fingerprint density at radius 3 is 3.05 bits per heavy atom. The highest BCUT2D eigenvalue weighted by Gasteiger charge is 2.26. The molecule has 20 heavy (non-hydrogen) atoms. The van der Waals surface area contributed by atoms with E-state index in [1.807, 2.05) is 6.07 Å². The zero-order chi connectivity index (χ0) is 13.9. The molecule has 4 nitrogen and oxygen atoms in total. The van der Waals surface area contributed by atoms with Gasteiger partial charge in [-0.1, -0.05) is 31.2 Å². The van der Waals surface area contributed by atoms with Gasteiger partial charge in [0.1, 0.15) is 0 Å². The molecule has 2 atom stereocenters. The third-order valence-electron chi connectivity index (χ3n) is 3.95. The molecule has 5 heteroatoms. The predicted octanol–water partition coefficient (Wildman–Crippen LogP) is 2.98. The second-order valence-electron chi connectivity index (χ2n) is 5.31. The van der Waals surface area contributed by atoms with E-state index in [1.54, 1.807) is 0 Å². The topological polar surface area (TPSA) is 54.9 Å². The summed E-state index contributed by atoms with van der Waals surface area (Å²) >= 11 is 1.06. The molecular weight excluding hydrogens is 270 g/mol. The maximum Gasteiger partial charge on any atom is 0.273 e. The molecule has 0 bridgehead atoms. The molecule has 0 radical (unpaired) electrons. The van der Waals surface area contributed by atoms with Gasteiger partial charge < -0.3 is 5.32 Å². The highest BCUT2D eigenvalue weighted by molar-refractivity contribution is 6.99. The number of hydrogen-bond donors (Lipinski definition) is 1. The number of rotatable bonds is 2. The maximum atomic E-state index is 12.2. The summed E-state index contributed by atoms with van der Waals surface area (Å²) in [6.45, 7) is 2.20. The molecule has 1 amide bonds. The quantitative estimate of drug-likeness (QED) is 0.864. The zero-order valence-corrected chi connectivity index (χ0v) is 12.2. The van der Waals surface area contributed by atoms with Gasteiger partial charge in [0.25, 0.3) is 5.91 Å². The molecule has 1 aromatic carbocycles. The highest BCUT2D eigenvalue weighted by atomic mass is 32.1. The SMILES string of the molecule is C[C@@H]1CCCc2ccccc2[C@H]1NC(=O)c1cnsn1. The number of carbonyl (C=O) groups is 1. The van der Waals surface area contributed by atoms with Gasteiger partial charge in [-0.3, -0.25) is 4.79 Å². The molecule has 0 saturated heterocycles. The number of nitrogens with one attached hydrogen (secondary N) is 1. The van der Waals surface area contributed by atoms with Gasteiger partial charge in [0.05, 0.1) is 24.0 Å². The van der Waals surface area contributed by atoms with Crippen molar-refractivity contribution in [3.63, 3.8) is 0 Å². The van der Waals surface area contributed by atoms with Crippen molar-refractivity contribution in [2.45, 2.75) is 32.2 Å². The summed E-state index contributed by atoms with van der Waals surface area (Å²) in [6.07, 6.45) is 4.90. The second kappa shape index (κ2) is 5.71. The first-order valence-electron chi connectivity index (χ1n) is 6.92. The van der Waals surface area contributed by atoms with Crippen LogP contribution in [0, 0.1) is 5.92 Å². The van der Waals surface area contributed by atoms with Gasteiger partial charge in [0, 0.05) is 0 Å². The Hall–Kier alpha value is -1.75. The number of hydrogen-bond acceptors (Lipinski definition) is 4. The minimum atomic E-state index is -0.132. The number of fused-ring (bicyclic) bond motifs is 1. The predicted molar refractivity (Wildman–Crippen MR) is 78.7 cm³/mol. The monoisotopic (exact) mass is 287 g/mol. The lowest BCUT2D eigenvalue weighted by molar-refractivity contribution is 0.0918. The number of carbonyl (C=O) groups excluding carboxylic acids is 1. The van der Waals surface area contributed by atoms with Gasteiger partial charge in [-0.25, -0.2) is 0 Å². The Kier molecular flexibility index (Phi) is 3.78. The smallest absolute Gasteiger partial charge is 0.273 e. The zero-order valence-electron chi connectivity index (χ0n) is 11.4. The Morgan fingerprint density at radius 1 is 1.40 bits per heavy atom. The van der Waals surface area contributed by atoms with E-state index >= 15 is 0 Å². The average Bonchev–Trinajstić information content (AvgIpc) is 2.94. The Bertz CT molecular complexity index is 597. The summed E-state index contributed by atoms with van der Waals surface area (Å²) in [4.78, 5) is 12.2. The minimum absolute atomic E-state index is 0.0582. The van der Waals surface area contributed by atoms with Crippen LogP contribution < -0.4 is 5.32 Å². The minimum Gasteiger partial charge on any atom is -0.344 e. The highest BCUT2D eigenvalue weighted by Crippen LogP contribution is 2.33. The third kappa shape index (κ3) is 2.58. The molecule has 3 rings (SSSR count). The summed E-state index contributed by atoms with van der Waals surface area (Å²) < 4.78 is 7.89. The fourth-order valence-electron chi connectivity index (χ4n) is 2.85. The molecule has 1 aliphatic rings. The summed E-state index contributed by atoms with van der Waals surface area (Å²) in [7, 11) is 0. The second-order valence-corrected chi connectivity index (χ2v) is 5.87. The van der Waals surface area contributed by atoms with Crippen LogP contribution in [0.1, 0.15) is 47.4 Å². The van der Waals surface area contributed by atoms with Crippen LogP contribution in [-0.2, 0) is 6.42 Å². The summed E-state index contributed by atoms with van der Waals surface area (Å²) in [6, 6.07) is 8.46. The van der Waals surface area contributed by atoms with Gasteiger partial charge in [-0.2, -0.15) is 8.75 Å². The molecule has 0 saturated carbocycles. The van der Waals surface area contributed by atoms with Crippen LogP contribution in [0.15, 0.2) is 30.5 Å². The van der Waals surface area contributed by atoms with E-state index in [-0.39, 0.29) is 11.9 Å². The molecule has 1 heterocycles. The van der Waals surface area contributed by atoms with Gasteiger partial charge in [-0.15, -0.1) is 0 Å². The van der Waals surface area contributed by atoms with E-state index < -0.39 is 0 Å². The third-order valence-corrected chi connectivity index (χ3v) is 4.42. The molecule has 1 aliphatic carbocycles. The van der Waals surface area contributed by atoms with Gasteiger partial charge >= 0.3 is 0 Å². The molecule has 1 N–H and O–H groups in total. The van der Waals surface area contributed by atoms with Crippen molar-refractivity contribution < 1.29 is 4.79 Å². The summed E-state index contributed by atoms with van der Waals surface area (Å²) in [5, 5.41) is 3.13. The van der Waals surface area contributed by atoms with Crippen molar-refractivity contribution in [3.05, 3.63) is 47.3 Å². The first kappa shape index (κ1) is 13.2. The van der Waals surface area contributed by atoms with E-state index in [0.717, 1.165) is 24.6 Å². The number of amides is 1. The Labute approximate surface area is 122 Å². The van der Waals surface area contributed by atoms with Crippen LogP contribution in [-0.4, -0.2) is 14.7 Å². The summed E-state index contributed by atoms with van der Waals surface area (Å²) in [5.74, 6) is 0.293. The number of aryl methyl sites for hydroxylation is 1. The van der Waals surface area contributed by atoms with E-state index in [9.17, 15) is 4.79 Å². The largest absolute Gasteiger partial charge is 0.344 e. The van der Waals surface area contributed by atoms with Crippen LogP contribution in [0.25, 0.3) is 0 Å². The molecule has 0 spiro atoms. The van der Waals surface area contributed by atoms with Crippen LogP contribution >= 0.6 is 11.7 Å². The first-order chi connectivity index (χ1) is 9.75.